The van der Waals surface area contributed by atoms with Gasteiger partial charge >= 0.3 is 0 Å². The molecule has 0 amide bonds. The van der Waals surface area contributed by atoms with E-state index in [1.54, 1.807) is 6.07 Å². The molecular formula is C13H17FN2O2. The van der Waals surface area contributed by atoms with E-state index in [9.17, 15) is 4.39 Å². The van der Waals surface area contributed by atoms with Crippen LogP contribution in [0.4, 0.5) is 10.2 Å². The van der Waals surface area contributed by atoms with Crippen LogP contribution in [-0.2, 0) is 9.47 Å². The van der Waals surface area contributed by atoms with Crippen molar-refractivity contribution in [2.24, 2.45) is 0 Å². The van der Waals surface area contributed by atoms with Gasteiger partial charge in [0, 0.05) is 39.1 Å². The van der Waals surface area contributed by atoms with Crippen molar-refractivity contribution >= 4 is 5.82 Å². The summed E-state index contributed by atoms with van der Waals surface area (Å²) in [5, 5.41) is 0. The maximum absolute atomic E-state index is 13.2. The van der Waals surface area contributed by atoms with Gasteiger partial charge in [0.2, 0.25) is 5.95 Å². The van der Waals surface area contributed by atoms with Gasteiger partial charge in [0.25, 0.3) is 0 Å². The molecule has 2 aliphatic heterocycles. The van der Waals surface area contributed by atoms with E-state index in [1.807, 2.05) is 6.07 Å². The number of ether oxygens (including phenoxy) is 2. The summed E-state index contributed by atoms with van der Waals surface area (Å²) in [6.45, 7) is 3.68. The van der Waals surface area contributed by atoms with Crippen LogP contribution in [0.3, 0.4) is 0 Å². The van der Waals surface area contributed by atoms with Gasteiger partial charge in [0.1, 0.15) is 5.82 Å². The van der Waals surface area contributed by atoms with E-state index in [1.165, 1.54) is 6.07 Å². The Labute approximate surface area is 106 Å². The summed E-state index contributed by atoms with van der Waals surface area (Å²) in [6, 6.07) is 4.92. The molecule has 1 aromatic rings. The van der Waals surface area contributed by atoms with Crippen LogP contribution in [0.2, 0.25) is 0 Å². The SMILES string of the molecule is Fc1cccc(N2CCOC3(CCOCC3)C2)n1. The third-order valence-electron chi connectivity index (χ3n) is 3.68. The lowest BCUT2D eigenvalue weighted by molar-refractivity contribution is -0.116. The highest BCUT2D eigenvalue weighted by molar-refractivity contribution is 5.39. The Bertz CT molecular complexity index is 416. The lowest BCUT2D eigenvalue weighted by Gasteiger charge is -2.45. The summed E-state index contributed by atoms with van der Waals surface area (Å²) >= 11 is 0. The Morgan fingerprint density at radius 2 is 2.06 bits per heavy atom. The molecule has 0 aromatic carbocycles. The highest BCUT2D eigenvalue weighted by Gasteiger charge is 2.38. The Morgan fingerprint density at radius 1 is 1.22 bits per heavy atom. The van der Waals surface area contributed by atoms with E-state index < -0.39 is 5.95 Å². The number of pyridine rings is 1. The van der Waals surface area contributed by atoms with Gasteiger partial charge in [-0.2, -0.15) is 4.39 Å². The topological polar surface area (TPSA) is 34.6 Å². The van der Waals surface area contributed by atoms with Gasteiger partial charge in [-0.25, -0.2) is 4.98 Å². The first-order valence-electron chi connectivity index (χ1n) is 6.37. The normalized spacial score (nSPS) is 23.3. The molecule has 98 valence electrons. The van der Waals surface area contributed by atoms with Gasteiger partial charge in [-0.3, -0.25) is 0 Å². The first-order chi connectivity index (χ1) is 8.77. The molecule has 4 nitrogen and oxygen atoms in total. The summed E-state index contributed by atoms with van der Waals surface area (Å²) in [5.74, 6) is 0.268. The molecule has 0 radical (unpaired) electrons. The van der Waals surface area contributed by atoms with Gasteiger partial charge in [-0.15, -0.1) is 0 Å². The molecule has 0 unspecified atom stereocenters. The largest absolute Gasteiger partial charge is 0.381 e. The summed E-state index contributed by atoms with van der Waals surface area (Å²) in [6.07, 6.45) is 1.80. The van der Waals surface area contributed by atoms with Crippen molar-refractivity contribution < 1.29 is 13.9 Å². The fourth-order valence-electron chi connectivity index (χ4n) is 2.66. The van der Waals surface area contributed by atoms with E-state index in [4.69, 9.17) is 9.47 Å². The van der Waals surface area contributed by atoms with Crippen LogP contribution in [0, 0.1) is 5.95 Å². The molecule has 3 rings (SSSR count). The lowest BCUT2D eigenvalue weighted by atomic mass is 9.92. The molecule has 2 aliphatic rings. The fraction of sp³-hybridized carbons (Fsp3) is 0.615. The minimum absolute atomic E-state index is 0.134. The zero-order chi connectivity index (χ0) is 12.4. The number of rotatable bonds is 1. The molecular weight excluding hydrogens is 235 g/mol. The van der Waals surface area contributed by atoms with Gasteiger partial charge in [-0.1, -0.05) is 6.07 Å². The predicted octanol–water partition coefficient (Wildman–Crippen LogP) is 1.61. The third kappa shape index (κ3) is 2.33. The third-order valence-corrected chi connectivity index (χ3v) is 3.68. The van der Waals surface area contributed by atoms with E-state index in [0.29, 0.717) is 12.4 Å². The number of aromatic nitrogens is 1. The molecule has 0 saturated carbocycles. The number of nitrogens with zero attached hydrogens (tertiary/aromatic N) is 2. The van der Waals surface area contributed by atoms with Crippen LogP contribution in [-0.4, -0.2) is 43.5 Å². The molecule has 2 fully saturated rings. The molecule has 2 saturated heterocycles. The van der Waals surface area contributed by atoms with Crippen LogP contribution < -0.4 is 4.90 Å². The van der Waals surface area contributed by atoms with Crippen LogP contribution >= 0.6 is 0 Å². The van der Waals surface area contributed by atoms with Crippen molar-refractivity contribution in [1.29, 1.82) is 0 Å². The van der Waals surface area contributed by atoms with Crippen LogP contribution in [0.1, 0.15) is 12.8 Å². The average molecular weight is 252 g/mol. The van der Waals surface area contributed by atoms with Crippen molar-refractivity contribution in [1.82, 2.24) is 4.98 Å². The molecule has 0 bridgehead atoms. The average Bonchev–Trinajstić information content (AvgIpc) is 2.40. The van der Waals surface area contributed by atoms with Crippen LogP contribution in [0.5, 0.6) is 0 Å². The van der Waals surface area contributed by atoms with Gasteiger partial charge in [-0.05, 0) is 12.1 Å². The number of hydrogen-bond acceptors (Lipinski definition) is 4. The Hall–Kier alpha value is -1.20. The second-order valence-electron chi connectivity index (χ2n) is 4.88. The summed E-state index contributed by atoms with van der Waals surface area (Å²) in [7, 11) is 0. The molecule has 0 atom stereocenters. The second-order valence-corrected chi connectivity index (χ2v) is 4.88. The predicted molar refractivity (Wildman–Crippen MR) is 65.1 cm³/mol. The maximum atomic E-state index is 13.2. The molecule has 1 spiro atoms. The summed E-state index contributed by atoms with van der Waals surface area (Å²) in [5.41, 5.74) is -0.134. The summed E-state index contributed by atoms with van der Waals surface area (Å²) in [4.78, 5) is 6.06. The standard InChI is InChI=1S/C13H17FN2O2/c14-11-2-1-3-12(15-11)16-6-9-18-13(10-16)4-7-17-8-5-13/h1-3H,4-10H2. The molecule has 0 aliphatic carbocycles. The quantitative estimate of drug-likeness (QED) is 0.711. The van der Waals surface area contributed by atoms with Gasteiger partial charge < -0.3 is 14.4 Å². The van der Waals surface area contributed by atoms with E-state index in [0.717, 1.165) is 39.1 Å². The molecule has 0 N–H and O–H groups in total. The number of halogens is 1. The monoisotopic (exact) mass is 252 g/mol. The highest BCUT2D eigenvalue weighted by atomic mass is 19.1. The number of hydrogen-bond donors (Lipinski definition) is 0. The van der Waals surface area contributed by atoms with Crippen molar-refractivity contribution in [2.45, 2.75) is 18.4 Å². The van der Waals surface area contributed by atoms with Gasteiger partial charge in [0.15, 0.2) is 0 Å². The first kappa shape index (κ1) is 11.9. The minimum atomic E-state index is -0.431. The van der Waals surface area contributed by atoms with Gasteiger partial charge in [0.05, 0.1) is 12.2 Å². The smallest absolute Gasteiger partial charge is 0.214 e. The molecule has 5 heteroatoms. The lowest BCUT2D eigenvalue weighted by Crippen LogP contribution is -2.54. The number of anilines is 1. The van der Waals surface area contributed by atoms with E-state index >= 15 is 0 Å². The molecule has 18 heavy (non-hydrogen) atoms. The number of morpholine rings is 1. The van der Waals surface area contributed by atoms with Crippen LogP contribution in [0.25, 0.3) is 0 Å². The van der Waals surface area contributed by atoms with Crippen molar-refractivity contribution in [2.75, 3.05) is 37.8 Å². The Kier molecular flexibility index (Phi) is 3.18. The summed E-state index contributed by atoms with van der Waals surface area (Å²) < 4.78 is 24.5. The zero-order valence-electron chi connectivity index (χ0n) is 10.3. The van der Waals surface area contributed by atoms with Crippen LogP contribution in [0.15, 0.2) is 18.2 Å². The van der Waals surface area contributed by atoms with E-state index in [2.05, 4.69) is 9.88 Å². The van der Waals surface area contributed by atoms with Crippen molar-refractivity contribution in [3.63, 3.8) is 0 Å². The van der Waals surface area contributed by atoms with E-state index in [-0.39, 0.29) is 5.60 Å². The molecule has 3 heterocycles. The maximum Gasteiger partial charge on any atom is 0.214 e. The Morgan fingerprint density at radius 3 is 2.83 bits per heavy atom. The first-order valence-corrected chi connectivity index (χ1v) is 6.37. The zero-order valence-corrected chi connectivity index (χ0v) is 10.3. The Balaban J connectivity index is 1.77. The minimum Gasteiger partial charge on any atom is -0.381 e. The van der Waals surface area contributed by atoms with Crippen molar-refractivity contribution in [3.05, 3.63) is 24.1 Å². The highest BCUT2D eigenvalue weighted by Crippen LogP contribution is 2.30. The molecule has 1 aromatic heterocycles. The van der Waals surface area contributed by atoms with Crippen molar-refractivity contribution in [3.8, 4) is 0 Å². The second kappa shape index (κ2) is 4.82. The fourth-order valence-corrected chi connectivity index (χ4v) is 2.66.